The van der Waals surface area contributed by atoms with Crippen molar-refractivity contribution in [3.63, 3.8) is 0 Å². The first-order valence-corrected chi connectivity index (χ1v) is 7.10. The number of carbonyl (C=O) groups is 2. The third kappa shape index (κ3) is 3.39. The summed E-state index contributed by atoms with van der Waals surface area (Å²) in [6.45, 7) is 5.44. The molecule has 1 aliphatic heterocycles. The van der Waals surface area contributed by atoms with Crippen LogP contribution in [0.1, 0.15) is 22.8 Å². The lowest BCUT2D eigenvalue weighted by molar-refractivity contribution is -0.126. The second-order valence-electron chi connectivity index (χ2n) is 5.08. The molecule has 6 heteroatoms. The number of carbonyl (C=O) groups excluding carboxylic acids is 2. The van der Waals surface area contributed by atoms with E-state index in [0.717, 1.165) is 0 Å². The van der Waals surface area contributed by atoms with Gasteiger partial charge in [-0.15, -0.1) is 0 Å². The fourth-order valence-corrected chi connectivity index (χ4v) is 2.37. The molecule has 0 radical (unpaired) electrons. The molecule has 1 unspecified atom stereocenters. The van der Waals surface area contributed by atoms with E-state index < -0.39 is 11.9 Å². The highest BCUT2D eigenvalue weighted by Gasteiger charge is 2.32. The van der Waals surface area contributed by atoms with E-state index in [1.807, 2.05) is 6.92 Å². The van der Waals surface area contributed by atoms with E-state index in [2.05, 4.69) is 10.6 Å². The van der Waals surface area contributed by atoms with Crippen molar-refractivity contribution in [2.24, 2.45) is 0 Å². The van der Waals surface area contributed by atoms with Crippen LogP contribution in [0.4, 0.5) is 4.39 Å². The minimum absolute atomic E-state index is 0.189. The molecule has 1 atom stereocenters. The van der Waals surface area contributed by atoms with Crippen LogP contribution in [0.2, 0.25) is 0 Å². The highest BCUT2D eigenvalue weighted by molar-refractivity contribution is 5.97. The molecule has 1 saturated heterocycles. The van der Waals surface area contributed by atoms with E-state index in [1.54, 1.807) is 19.1 Å². The largest absolute Gasteiger partial charge is 0.355 e. The standard InChI is InChI=1S/C15H20FN3O2/c1-3-18-14(20)13-9-17-6-7-19(13)15(21)11-5-4-10(2)12(16)8-11/h4-5,8,13,17H,3,6-7,9H2,1-2H3,(H,18,20). The number of hydrogen-bond acceptors (Lipinski definition) is 3. The number of hydrogen-bond donors (Lipinski definition) is 2. The minimum atomic E-state index is -0.560. The van der Waals surface area contributed by atoms with Crippen molar-refractivity contribution in [2.45, 2.75) is 19.9 Å². The first-order chi connectivity index (χ1) is 10.0. The number of rotatable bonds is 3. The van der Waals surface area contributed by atoms with E-state index in [1.165, 1.54) is 11.0 Å². The lowest BCUT2D eigenvalue weighted by atomic mass is 10.1. The summed E-state index contributed by atoms with van der Waals surface area (Å²) in [6.07, 6.45) is 0. The van der Waals surface area contributed by atoms with Crippen molar-refractivity contribution in [1.82, 2.24) is 15.5 Å². The molecule has 0 bridgehead atoms. The molecule has 1 aromatic carbocycles. The molecule has 21 heavy (non-hydrogen) atoms. The normalized spacial score (nSPS) is 18.4. The van der Waals surface area contributed by atoms with Crippen molar-refractivity contribution in [2.75, 3.05) is 26.2 Å². The lowest BCUT2D eigenvalue weighted by Crippen LogP contribution is -2.59. The number of nitrogens with zero attached hydrogens (tertiary/aromatic N) is 1. The second-order valence-corrected chi connectivity index (χ2v) is 5.08. The predicted molar refractivity (Wildman–Crippen MR) is 77.5 cm³/mol. The van der Waals surface area contributed by atoms with Gasteiger partial charge in [0.15, 0.2) is 0 Å². The van der Waals surface area contributed by atoms with Crippen LogP contribution < -0.4 is 10.6 Å². The molecule has 114 valence electrons. The van der Waals surface area contributed by atoms with Gasteiger partial charge in [0.2, 0.25) is 5.91 Å². The van der Waals surface area contributed by atoms with Crippen molar-refractivity contribution in [1.29, 1.82) is 0 Å². The Bertz CT molecular complexity index is 548. The van der Waals surface area contributed by atoms with E-state index in [9.17, 15) is 14.0 Å². The highest BCUT2D eigenvalue weighted by Crippen LogP contribution is 2.14. The van der Waals surface area contributed by atoms with Gasteiger partial charge in [-0.2, -0.15) is 0 Å². The molecule has 0 aliphatic carbocycles. The molecule has 1 fully saturated rings. The van der Waals surface area contributed by atoms with Gasteiger partial charge >= 0.3 is 0 Å². The Labute approximate surface area is 123 Å². The summed E-state index contributed by atoms with van der Waals surface area (Å²) in [5.74, 6) is -0.914. The first-order valence-electron chi connectivity index (χ1n) is 7.10. The van der Waals surface area contributed by atoms with E-state index in [0.29, 0.717) is 31.7 Å². The van der Waals surface area contributed by atoms with Gasteiger partial charge in [0.05, 0.1) is 0 Å². The van der Waals surface area contributed by atoms with Gasteiger partial charge in [0, 0.05) is 31.7 Å². The van der Waals surface area contributed by atoms with Crippen LogP contribution in [0.3, 0.4) is 0 Å². The zero-order chi connectivity index (χ0) is 15.4. The first kappa shape index (κ1) is 15.4. The van der Waals surface area contributed by atoms with Crippen LogP contribution in [0.25, 0.3) is 0 Å². The van der Waals surface area contributed by atoms with E-state index >= 15 is 0 Å². The monoisotopic (exact) mass is 293 g/mol. The number of likely N-dealkylation sites (N-methyl/N-ethyl adjacent to an activating group) is 1. The third-order valence-electron chi connectivity index (χ3n) is 3.58. The van der Waals surface area contributed by atoms with E-state index in [4.69, 9.17) is 0 Å². The maximum absolute atomic E-state index is 13.6. The summed E-state index contributed by atoms with van der Waals surface area (Å²) in [6, 6.07) is 3.84. The molecule has 2 N–H and O–H groups in total. The summed E-state index contributed by atoms with van der Waals surface area (Å²) in [7, 11) is 0. The summed E-state index contributed by atoms with van der Waals surface area (Å²) in [4.78, 5) is 26.1. The number of benzene rings is 1. The average Bonchev–Trinajstić information content (AvgIpc) is 2.49. The van der Waals surface area contributed by atoms with Gasteiger partial charge in [-0.25, -0.2) is 4.39 Å². The summed E-state index contributed by atoms with van der Waals surface area (Å²) in [5, 5.41) is 5.83. The molecule has 1 heterocycles. The van der Waals surface area contributed by atoms with Crippen LogP contribution in [-0.4, -0.2) is 48.9 Å². The molecule has 0 saturated carbocycles. The Hall–Kier alpha value is -1.95. The molecule has 1 aliphatic rings. The Kier molecular flexibility index (Phi) is 4.90. The van der Waals surface area contributed by atoms with Gasteiger partial charge in [-0.05, 0) is 31.5 Å². The second kappa shape index (κ2) is 6.67. The Morgan fingerprint density at radius 2 is 2.24 bits per heavy atom. The Morgan fingerprint density at radius 1 is 1.48 bits per heavy atom. The molecule has 2 rings (SSSR count). The predicted octanol–water partition coefficient (Wildman–Crippen LogP) is 0.684. The van der Waals surface area contributed by atoms with Gasteiger partial charge < -0.3 is 15.5 Å². The summed E-state index contributed by atoms with van der Waals surface area (Å²) < 4.78 is 13.6. The number of halogens is 1. The fraction of sp³-hybridized carbons (Fsp3) is 0.467. The molecular formula is C15H20FN3O2. The Balaban J connectivity index is 2.21. The molecule has 5 nitrogen and oxygen atoms in total. The molecule has 1 aromatic rings. The zero-order valence-electron chi connectivity index (χ0n) is 12.3. The maximum Gasteiger partial charge on any atom is 0.254 e. The summed E-state index contributed by atoms with van der Waals surface area (Å²) in [5.41, 5.74) is 0.765. The molecular weight excluding hydrogens is 273 g/mol. The van der Waals surface area contributed by atoms with Crippen LogP contribution in [0, 0.1) is 12.7 Å². The van der Waals surface area contributed by atoms with Crippen molar-refractivity contribution < 1.29 is 14.0 Å². The molecule has 2 amide bonds. The summed E-state index contributed by atoms with van der Waals surface area (Å²) >= 11 is 0. The van der Waals surface area contributed by atoms with Crippen LogP contribution in [-0.2, 0) is 4.79 Å². The number of nitrogens with one attached hydrogen (secondary N) is 2. The van der Waals surface area contributed by atoms with E-state index in [-0.39, 0.29) is 17.4 Å². The molecule has 0 aromatic heterocycles. The topological polar surface area (TPSA) is 61.4 Å². The van der Waals surface area contributed by atoms with Crippen molar-refractivity contribution >= 4 is 11.8 Å². The fourth-order valence-electron chi connectivity index (χ4n) is 2.37. The zero-order valence-corrected chi connectivity index (χ0v) is 12.3. The minimum Gasteiger partial charge on any atom is -0.355 e. The van der Waals surface area contributed by atoms with Crippen LogP contribution in [0.15, 0.2) is 18.2 Å². The number of aryl methyl sites for hydroxylation is 1. The lowest BCUT2D eigenvalue weighted by Gasteiger charge is -2.35. The van der Waals surface area contributed by atoms with Gasteiger partial charge in [-0.3, -0.25) is 9.59 Å². The van der Waals surface area contributed by atoms with Gasteiger partial charge in [0.1, 0.15) is 11.9 Å². The van der Waals surface area contributed by atoms with Crippen molar-refractivity contribution in [3.05, 3.63) is 35.1 Å². The van der Waals surface area contributed by atoms with Crippen LogP contribution in [0.5, 0.6) is 0 Å². The maximum atomic E-state index is 13.6. The quantitative estimate of drug-likeness (QED) is 0.862. The van der Waals surface area contributed by atoms with Gasteiger partial charge in [-0.1, -0.05) is 6.07 Å². The van der Waals surface area contributed by atoms with Gasteiger partial charge in [0.25, 0.3) is 5.91 Å². The number of piperazine rings is 1. The molecule has 0 spiro atoms. The smallest absolute Gasteiger partial charge is 0.254 e. The van der Waals surface area contributed by atoms with Crippen LogP contribution >= 0.6 is 0 Å². The SMILES string of the molecule is CCNC(=O)C1CNCCN1C(=O)c1ccc(C)c(F)c1. The van der Waals surface area contributed by atoms with Crippen molar-refractivity contribution in [3.8, 4) is 0 Å². The number of amides is 2. The third-order valence-corrected chi connectivity index (χ3v) is 3.58. The Morgan fingerprint density at radius 3 is 2.90 bits per heavy atom. The highest BCUT2D eigenvalue weighted by atomic mass is 19.1. The average molecular weight is 293 g/mol.